The largest absolute Gasteiger partial charge is 0.493 e. The number of nitrogens with zero attached hydrogens (tertiary/aromatic N) is 2. The van der Waals surface area contributed by atoms with Gasteiger partial charge in [-0.05, 0) is 41.9 Å². The van der Waals surface area contributed by atoms with Crippen LogP contribution in [0.4, 0.5) is 11.5 Å². The Morgan fingerprint density at radius 3 is 2.27 bits per heavy atom. The number of fused-ring (bicyclic) bond motifs is 1. The zero-order valence-electron chi connectivity index (χ0n) is 14.4. The molecule has 0 bridgehead atoms. The standard InChI is InChI=1S/C18H16ClN3O4/c1-24-14-8-12-13(9-15(14)25-2)21-18(19)22-16(12)20-11-6-4-10(5-7-11)17(23)26-3/h4-9H,1-3H3,(H,20,21,22). The lowest BCUT2D eigenvalue weighted by molar-refractivity contribution is 0.0601. The van der Waals surface area contributed by atoms with Crippen LogP contribution in [0.1, 0.15) is 10.4 Å². The molecule has 0 aliphatic rings. The summed E-state index contributed by atoms with van der Waals surface area (Å²) < 4.78 is 15.3. The minimum Gasteiger partial charge on any atom is -0.493 e. The lowest BCUT2D eigenvalue weighted by atomic mass is 10.2. The molecule has 1 aromatic heterocycles. The van der Waals surface area contributed by atoms with Gasteiger partial charge in [-0.15, -0.1) is 0 Å². The normalized spacial score (nSPS) is 10.5. The van der Waals surface area contributed by atoms with Crippen molar-refractivity contribution in [2.45, 2.75) is 0 Å². The predicted molar refractivity (Wildman–Crippen MR) is 98.7 cm³/mol. The fourth-order valence-corrected chi connectivity index (χ4v) is 2.64. The van der Waals surface area contributed by atoms with Crippen LogP contribution < -0.4 is 14.8 Å². The summed E-state index contributed by atoms with van der Waals surface area (Å²) in [5, 5.41) is 3.98. The van der Waals surface area contributed by atoms with Gasteiger partial charge in [0.05, 0.1) is 32.4 Å². The number of nitrogens with one attached hydrogen (secondary N) is 1. The van der Waals surface area contributed by atoms with Crippen molar-refractivity contribution in [1.82, 2.24) is 9.97 Å². The number of ether oxygens (including phenoxy) is 3. The number of hydrogen-bond acceptors (Lipinski definition) is 7. The summed E-state index contributed by atoms with van der Waals surface area (Å²) in [6.07, 6.45) is 0. The highest BCUT2D eigenvalue weighted by atomic mass is 35.5. The molecule has 0 radical (unpaired) electrons. The summed E-state index contributed by atoms with van der Waals surface area (Å²) in [7, 11) is 4.44. The monoisotopic (exact) mass is 373 g/mol. The Hall–Kier alpha value is -3.06. The molecular weight excluding hydrogens is 358 g/mol. The number of carbonyl (C=O) groups excluding carboxylic acids is 1. The van der Waals surface area contributed by atoms with Crippen molar-refractivity contribution in [3.8, 4) is 11.5 Å². The lowest BCUT2D eigenvalue weighted by Gasteiger charge is -2.13. The minimum atomic E-state index is -0.399. The smallest absolute Gasteiger partial charge is 0.337 e. The summed E-state index contributed by atoms with van der Waals surface area (Å²) in [5.74, 6) is 1.20. The highest BCUT2D eigenvalue weighted by Gasteiger charge is 2.13. The number of methoxy groups -OCH3 is 3. The van der Waals surface area contributed by atoms with E-state index in [1.54, 1.807) is 50.6 Å². The fourth-order valence-electron chi connectivity index (χ4n) is 2.47. The van der Waals surface area contributed by atoms with Crippen LogP contribution in [0.25, 0.3) is 10.9 Å². The van der Waals surface area contributed by atoms with Gasteiger partial charge in [-0.1, -0.05) is 0 Å². The molecule has 3 aromatic rings. The summed E-state index contributed by atoms with van der Waals surface area (Å²) >= 11 is 6.05. The third-order valence-corrected chi connectivity index (χ3v) is 3.91. The molecule has 26 heavy (non-hydrogen) atoms. The molecule has 1 heterocycles. The van der Waals surface area contributed by atoms with Crippen molar-refractivity contribution in [2.24, 2.45) is 0 Å². The molecule has 1 N–H and O–H groups in total. The van der Waals surface area contributed by atoms with Crippen molar-refractivity contribution in [2.75, 3.05) is 26.6 Å². The number of halogens is 1. The Morgan fingerprint density at radius 2 is 1.65 bits per heavy atom. The van der Waals surface area contributed by atoms with Gasteiger partial charge in [0.1, 0.15) is 5.82 Å². The molecule has 0 saturated carbocycles. The third kappa shape index (κ3) is 3.48. The van der Waals surface area contributed by atoms with Gasteiger partial charge in [-0.3, -0.25) is 0 Å². The first-order valence-electron chi connectivity index (χ1n) is 7.60. The maximum Gasteiger partial charge on any atom is 0.337 e. The van der Waals surface area contributed by atoms with Crippen LogP contribution in [0.5, 0.6) is 11.5 Å². The summed E-state index contributed by atoms with van der Waals surface area (Å²) in [6.45, 7) is 0. The molecule has 2 aromatic carbocycles. The Labute approximate surface area is 154 Å². The van der Waals surface area contributed by atoms with Crippen LogP contribution in [0, 0.1) is 0 Å². The topological polar surface area (TPSA) is 82.6 Å². The van der Waals surface area contributed by atoms with E-state index < -0.39 is 5.97 Å². The maximum atomic E-state index is 11.5. The molecule has 3 rings (SSSR count). The van der Waals surface area contributed by atoms with Gasteiger partial charge in [0.2, 0.25) is 5.28 Å². The number of rotatable bonds is 5. The molecule has 8 heteroatoms. The number of aromatic nitrogens is 2. The average molecular weight is 374 g/mol. The lowest BCUT2D eigenvalue weighted by Crippen LogP contribution is -2.02. The van der Waals surface area contributed by atoms with Gasteiger partial charge in [-0.25, -0.2) is 9.78 Å². The van der Waals surface area contributed by atoms with Crippen LogP contribution >= 0.6 is 11.6 Å². The molecular formula is C18H16ClN3O4. The summed E-state index contributed by atoms with van der Waals surface area (Å²) in [4.78, 5) is 20.0. The molecule has 0 aliphatic carbocycles. The molecule has 0 unspecified atom stereocenters. The molecule has 0 saturated heterocycles. The molecule has 0 aliphatic heterocycles. The highest BCUT2D eigenvalue weighted by molar-refractivity contribution is 6.28. The van der Waals surface area contributed by atoms with Crippen molar-refractivity contribution in [3.63, 3.8) is 0 Å². The average Bonchev–Trinajstić information content (AvgIpc) is 2.66. The zero-order chi connectivity index (χ0) is 18.7. The minimum absolute atomic E-state index is 0.0957. The summed E-state index contributed by atoms with van der Waals surface area (Å²) in [5.41, 5.74) is 1.79. The van der Waals surface area contributed by atoms with E-state index in [9.17, 15) is 4.79 Å². The van der Waals surface area contributed by atoms with Crippen molar-refractivity contribution in [3.05, 3.63) is 47.2 Å². The van der Waals surface area contributed by atoms with Gasteiger partial charge < -0.3 is 19.5 Å². The van der Waals surface area contributed by atoms with E-state index in [0.29, 0.717) is 33.8 Å². The fraction of sp³-hybridized carbons (Fsp3) is 0.167. The number of hydrogen-bond donors (Lipinski definition) is 1. The van der Waals surface area contributed by atoms with Crippen LogP contribution in [0.2, 0.25) is 5.28 Å². The Morgan fingerprint density at radius 1 is 1.00 bits per heavy atom. The second-order valence-corrected chi connectivity index (χ2v) is 5.60. The zero-order valence-corrected chi connectivity index (χ0v) is 15.1. The van der Waals surface area contributed by atoms with Gasteiger partial charge in [0.15, 0.2) is 11.5 Å². The van der Waals surface area contributed by atoms with Gasteiger partial charge in [-0.2, -0.15) is 4.98 Å². The van der Waals surface area contributed by atoms with Crippen molar-refractivity contribution >= 4 is 40.0 Å². The third-order valence-electron chi connectivity index (χ3n) is 3.74. The maximum absolute atomic E-state index is 11.5. The van der Waals surface area contributed by atoms with E-state index in [0.717, 1.165) is 5.69 Å². The SMILES string of the molecule is COC(=O)c1ccc(Nc2nc(Cl)nc3cc(OC)c(OC)cc23)cc1. The molecule has 0 atom stereocenters. The van der Waals surface area contributed by atoms with E-state index in [1.165, 1.54) is 7.11 Å². The first-order chi connectivity index (χ1) is 12.5. The van der Waals surface area contributed by atoms with Crippen LogP contribution in [0.3, 0.4) is 0 Å². The summed E-state index contributed by atoms with van der Waals surface area (Å²) in [6, 6.07) is 10.3. The van der Waals surface area contributed by atoms with E-state index in [-0.39, 0.29) is 5.28 Å². The number of esters is 1. The quantitative estimate of drug-likeness (QED) is 0.537. The number of carbonyl (C=O) groups is 1. The molecule has 134 valence electrons. The first kappa shape index (κ1) is 17.8. The second-order valence-electron chi connectivity index (χ2n) is 5.26. The van der Waals surface area contributed by atoms with Gasteiger partial charge in [0, 0.05) is 17.1 Å². The Bertz CT molecular complexity index is 961. The predicted octanol–water partition coefficient (Wildman–Crippen LogP) is 3.83. The molecule has 0 fully saturated rings. The van der Waals surface area contributed by atoms with E-state index in [2.05, 4.69) is 15.3 Å². The van der Waals surface area contributed by atoms with Crippen LogP contribution in [0.15, 0.2) is 36.4 Å². The van der Waals surface area contributed by atoms with Crippen LogP contribution in [-0.4, -0.2) is 37.3 Å². The van der Waals surface area contributed by atoms with Gasteiger partial charge in [0.25, 0.3) is 0 Å². The highest BCUT2D eigenvalue weighted by Crippen LogP contribution is 2.35. The van der Waals surface area contributed by atoms with Gasteiger partial charge >= 0.3 is 5.97 Å². The van der Waals surface area contributed by atoms with E-state index in [4.69, 9.17) is 25.8 Å². The van der Waals surface area contributed by atoms with Crippen molar-refractivity contribution in [1.29, 1.82) is 0 Å². The second kappa shape index (κ2) is 7.45. The number of benzene rings is 2. The Kier molecular flexibility index (Phi) is 5.09. The van der Waals surface area contributed by atoms with Crippen LogP contribution in [-0.2, 0) is 4.74 Å². The molecule has 0 spiro atoms. The van der Waals surface area contributed by atoms with E-state index in [1.807, 2.05) is 0 Å². The Balaban J connectivity index is 2.02. The van der Waals surface area contributed by atoms with E-state index >= 15 is 0 Å². The molecule has 0 amide bonds. The number of anilines is 2. The molecule has 7 nitrogen and oxygen atoms in total. The van der Waals surface area contributed by atoms with Crippen molar-refractivity contribution < 1.29 is 19.0 Å². The first-order valence-corrected chi connectivity index (χ1v) is 7.98.